The van der Waals surface area contributed by atoms with Gasteiger partial charge in [-0.25, -0.2) is 9.48 Å². The number of aromatic nitrogens is 4. The van der Waals surface area contributed by atoms with Gasteiger partial charge in [-0.2, -0.15) is 0 Å². The molecule has 0 bridgehead atoms. The number of carbonyl (C=O) groups excluding carboxylic acids is 2. The van der Waals surface area contributed by atoms with Crippen LogP contribution >= 0.6 is 23.5 Å². The zero-order valence-electron chi connectivity index (χ0n) is 17.0. The third-order valence-electron chi connectivity index (χ3n) is 5.86. The Morgan fingerprint density at radius 1 is 1.31 bits per heavy atom. The fourth-order valence-electron chi connectivity index (χ4n) is 4.10. The molecule has 0 spiro atoms. The van der Waals surface area contributed by atoms with E-state index in [1.807, 2.05) is 30.3 Å². The number of hydrogen-bond acceptors (Lipinski definition) is 8. The van der Waals surface area contributed by atoms with Crippen molar-refractivity contribution in [1.29, 1.82) is 0 Å². The fourth-order valence-corrected chi connectivity index (χ4v) is 6.44. The van der Waals surface area contributed by atoms with Gasteiger partial charge < -0.3 is 10.4 Å². The van der Waals surface area contributed by atoms with Gasteiger partial charge >= 0.3 is 5.97 Å². The summed E-state index contributed by atoms with van der Waals surface area (Å²) in [6, 6.07) is 9.15. The van der Waals surface area contributed by atoms with Crippen molar-refractivity contribution in [1.82, 2.24) is 30.4 Å². The Kier molecular flexibility index (Phi) is 5.41. The molecule has 0 radical (unpaired) electrons. The van der Waals surface area contributed by atoms with E-state index >= 15 is 0 Å². The van der Waals surface area contributed by atoms with E-state index in [0.717, 1.165) is 12.0 Å². The van der Waals surface area contributed by atoms with Crippen LogP contribution in [0.2, 0.25) is 0 Å². The standard InChI is InChI=1S/C20H20N6O4S2/c1-25-20(22-23-24-25)32-9-11-8-31-18-14(17(28)26(18)15(11)19(29)30)21-16(27)13-7-12(13)10-5-3-2-4-6-10/h2-6,12-14,18H,7-9H2,1H3,(H,21,27)(H,29,30)/t12-,13-,14+,18-/m1/s1. The van der Waals surface area contributed by atoms with Crippen LogP contribution in [-0.4, -0.2) is 70.9 Å². The van der Waals surface area contributed by atoms with Crippen LogP contribution in [0.1, 0.15) is 17.9 Å². The van der Waals surface area contributed by atoms with Crippen LogP contribution in [0.4, 0.5) is 0 Å². The summed E-state index contributed by atoms with van der Waals surface area (Å²) >= 11 is 2.78. The van der Waals surface area contributed by atoms with E-state index in [1.165, 1.54) is 33.1 Å². The summed E-state index contributed by atoms with van der Waals surface area (Å²) in [6.45, 7) is 0. The number of aliphatic carboxylic acids is 1. The number of aryl methyl sites for hydroxylation is 1. The molecular formula is C20H20N6O4S2. The highest BCUT2D eigenvalue weighted by Crippen LogP contribution is 2.48. The molecule has 3 aliphatic rings. The molecule has 1 aromatic carbocycles. The van der Waals surface area contributed by atoms with Gasteiger partial charge in [0.1, 0.15) is 17.1 Å². The molecule has 2 N–H and O–H groups in total. The number of tetrazole rings is 1. The number of carbonyl (C=O) groups is 3. The zero-order chi connectivity index (χ0) is 22.4. The van der Waals surface area contributed by atoms with Crippen LogP contribution in [-0.2, 0) is 21.4 Å². The van der Waals surface area contributed by atoms with Crippen LogP contribution in [0, 0.1) is 5.92 Å². The second-order valence-corrected chi connectivity index (χ2v) is 9.93. The highest BCUT2D eigenvalue weighted by molar-refractivity contribution is 8.01. The summed E-state index contributed by atoms with van der Waals surface area (Å²) in [6.07, 6.45) is 0.761. The number of hydrogen-bond donors (Lipinski definition) is 2. The van der Waals surface area contributed by atoms with Crippen LogP contribution < -0.4 is 5.32 Å². The summed E-state index contributed by atoms with van der Waals surface area (Å²) in [5, 5.41) is 24.0. The van der Waals surface area contributed by atoms with Gasteiger partial charge in [0.25, 0.3) is 5.91 Å². The number of fused-ring (bicyclic) bond motifs is 1. The fraction of sp³-hybridized carbons (Fsp3) is 0.400. The van der Waals surface area contributed by atoms with Crippen LogP contribution in [0.3, 0.4) is 0 Å². The van der Waals surface area contributed by atoms with Crippen molar-refractivity contribution in [3.8, 4) is 0 Å². The number of benzene rings is 1. The minimum Gasteiger partial charge on any atom is -0.477 e. The Morgan fingerprint density at radius 2 is 2.09 bits per heavy atom. The maximum atomic E-state index is 12.8. The number of rotatable bonds is 7. The molecule has 1 saturated heterocycles. The van der Waals surface area contributed by atoms with Crippen molar-refractivity contribution in [3.63, 3.8) is 0 Å². The van der Waals surface area contributed by atoms with Crippen molar-refractivity contribution in [3.05, 3.63) is 47.2 Å². The molecule has 2 amide bonds. The van der Waals surface area contributed by atoms with E-state index in [-0.39, 0.29) is 29.3 Å². The maximum Gasteiger partial charge on any atom is 0.352 e. The summed E-state index contributed by atoms with van der Waals surface area (Å²) in [7, 11) is 1.70. The first-order valence-electron chi connectivity index (χ1n) is 10.1. The lowest BCUT2D eigenvalue weighted by atomic mass is 10.0. The average molecular weight is 473 g/mol. The van der Waals surface area contributed by atoms with Crippen LogP contribution in [0.5, 0.6) is 0 Å². The molecule has 2 aliphatic heterocycles. The SMILES string of the molecule is Cn1nnnc1SCC1=C(C(=O)O)N2C(=O)[C@H](NC(=O)[C@@H]3C[C@@H]3c3ccccc3)[C@H]2SC1. The Bertz CT molecular complexity index is 1120. The van der Waals surface area contributed by atoms with E-state index in [0.29, 0.717) is 22.2 Å². The molecule has 166 valence electrons. The summed E-state index contributed by atoms with van der Waals surface area (Å²) in [5.74, 6) is -0.828. The van der Waals surface area contributed by atoms with Gasteiger partial charge in [-0.1, -0.05) is 42.1 Å². The molecule has 10 nitrogen and oxygen atoms in total. The quantitative estimate of drug-likeness (QED) is 0.445. The molecule has 12 heteroatoms. The largest absolute Gasteiger partial charge is 0.477 e. The number of nitrogens with zero attached hydrogens (tertiary/aromatic N) is 5. The Labute approximate surface area is 191 Å². The Hall–Kier alpha value is -2.86. The monoisotopic (exact) mass is 472 g/mol. The Balaban J connectivity index is 1.25. The molecule has 5 rings (SSSR count). The van der Waals surface area contributed by atoms with E-state index in [2.05, 4.69) is 20.8 Å². The topological polar surface area (TPSA) is 130 Å². The number of β-lactam (4-membered cyclic amide) rings is 1. The van der Waals surface area contributed by atoms with Crippen LogP contribution in [0.15, 0.2) is 46.8 Å². The van der Waals surface area contributed by atoms with Gasteiger partial charge in [0.2, 0.25) is 11.1 Å². The van der Waals surface area contributed by atoms with Gasteiger partial charge in [-0.05, 0) is 33.9 Å². The number of thioether (sulfide) groups is 2. The van der Waals surface area contributed by atoms with Crippen molar-refractivity contribution in [2.24, 2.45) is 13.0 Å². The molecule has 1 aliphatic carbocycles. The highest BCUT2D eigenvalue weighted by atomic mass is 32.2. The van der Waals surface area contributed by atoms with Crippen molar-refractivity contribution in [2.45, 2.75) is 28.9 Å². The van der Waals surface area contributed by atoms with Crippen molar-refractivity contribution in [2.75, 3.05) is 11.5 Å². The number of amides is 2. The van der Waals surface area contributed by atoms with E-state index in [4.69, 9.17) is 0 Å². The van der Waals surface area contributed by atoms with Gasteiger partial charge in [-0.15, -0.1) is 16.9 Å². The molecule has 1 saturated carbocycles. The molecule has 0 unspecified atom stereocenters. The van der Waals surface area contributed by atoms with Gasteiger partial charge in [0.05, 0.1) is 0 Å². The predicted molar refractivity (Wildman–Crippen MR) is 116 cm³/mol. The highest BCUT2D eigenvalue weighted by Gasteiger charge is 2.55. The molecule has 3 heterocycles. The third kappa shape index (κ3) is 3.66. The minimum atomic E-state index is -1.15. The summed E-state index contributed by atoms with van der Waals surface area (Å²) in [5.41, 5.74) is 1.76. The first-order valence-corrected chi connectivity index (χ1v) is 12.1. The Morgan fingerprint density at radius 3 is 2.78 bits per heavy atom. The van der Waals surface area contributed by atoms with Crippen molar-refractivity contribution < 1.29 is 19.5 Å². The lowest BCUT2D eigenvalue weighted by Crippen LogP contribution is -2.70. The smallest absolute Gasteiger partial charge is 0.352 e. The number of carboxylic acids is 1. The summed E-state index contributed by atoms with van der Waals surface area (Å²) in [4.78, 5) is 38.8. The number of carboxylic acid groups (broad SMARTS) is 1. The normalized spacial score (nSPS) is 26.4. The first kappa shape index (κ1) is 21.0. The molecular weight excluding hydrogens is 452 g/mol. The molecule has 4 atom stereocenters. The van der Waals surface area contributed by atoms with Crippen LogP contribution in [0.25, 0.3) is 0 Å². The van der Waals surface area contributed by atoms with E-state index in [9.17, 15) is 19.5 Å². The third-order valence-corrected chi connectivity index (χ3v) is 8.30. The van der Waals surface area contributed by atoms with E-state index in [1.54, 1.807) is 7.05 Å². The van der Waals surface area contributed by atoms with Crippen molar-refractivity contribution >= 4 is 41.3 Å². The molecule has 2 fully saturated rings. The maximum absolute atomic E-state index is 12.8. The second-order valence-electron chi connectivity index (χ2n) is 7.89. The minimum absolute atomic E-state index is 0.000426. The lowest BCUT2D eigenvalue weighted by Gasteiger charge is -2.49. The predicted octanol–water partition coefficient (Wildman–Crippen LogP) is 0.845. The zero-order valence-corrected chi connectivity index (χ0v) is 18.7. The van der Waals surface area contributed by atoms with Gasteiger partial charge in [-0.3, -0.25) is 14.5 Å². The van der Waals surface area contributed by atoms with Gasteiger partial charge in [0.15, 0.2) is 0 Å². The summed E-state index contributed by atoms with van der Waals surface area (Å²) < 4.78 is 1.51. The van der Waals surface area contributed by atoms with Gasteiger partial charge in [0, 0.05) is 24.5 Å². The lowest BCUT2D eigenvalue weighted by molar-refractivity contribution is -0.150. The molecule has 32 heavy (non-hydrogen) atoms. The van der Waals surface area contributed by atoms with E-state index < -0.39 is 17.4 Å². The second kappa shape index (κ2) is 8.24. The molecule has 1 aromatic heterocycles. The molecule has 2 aromatic rings. The first-order chi connectivity index (χ1) is 15.5. The average Bonchev–Trinajstić information content (AvgIpc) is 3.50. The number of nitrogens with one attached hydrogen (secondary N) is 1.